The SMILES string of the molecule is CCc1nc(CNC(=NC)NCc2ccccc2OCC2CC2)cs1.I. The maximum atomic E-state index is 5.96. The second kappa shape index (κ2) is 10.7. The Labute approximate surface area is 176 Å². The number of aromatic nitrogens is 1. The van der Waals surface area contributed by atoms with Crippen LogP contribution in [0.2, 0.25) is 0 Å². The molecule has 1 aromatic heterocycles. The molecule has 2 aromatic rings. The average molecular weight is 486 g/mol. The first-order valence-corrected chi connectivity index (χ1v) is 9.75. The van der Waals surface area contributed by atoms with E-state index in [2.05, 4.69) is 39.0 Å². The number of hydrogen-bond donors (Lipinski definition) is 2. The van der Waals surface area contributed by atoms with Gasteiger partial charge in [0.05, 0.1) is 23.9 Å². The van der Waals surface area contributed by atoms with Crippen molar-refractivity contribution in [3.8, 4) is 5.75 Å². The van der Waals surface area contributed by atoms with Crippen LogP contribution in [0.1, 0.15) is 36.0 Å². The fourth-order valence-corrected chi connectivity index (χ4v) is 3.19. The summed E-state index contributed by atoms with van der Waals surface area (Å²) in [6.07, 6.45) is 3.58. The van der Waals surface area contributed by atoms with E-state index >= 15 is 0 Å². The summed E-state index contributed by atoms with van der Waals surface area (Å²) in [7, 11) is 1.78. The lowest BCUT2D eigenvalue weighted by molar-refractivity contribution is 0.296. The molecule has 1 heterocycles. The van der Waals surface area contributed by atoms with Gasteiger partial charge in [0, 0.05) is 24.5 Å². The molecule has 142 valence electrons. The molecular formula is C19H27IN4OS. The van der Waals surface area contributed by atoms with Crippen molar-refractivity contribution in [3.63, 3.8) is 0 Å². The van der Waals surface area contributed by atoms with Crippen molar-refractivity contribution in [2.45, 2.75) is 39.3 Å². The summed E-state index contributed by atoms with van der Waals surface area (Å²) in [6.45, 7) is 4.31. The van der Waals surface area contributed by atoms with E-state index in [4.69, 9.17) is 4.74 Å². The van der Waals surface area contributed by atoms with Gasteiger partial charge in [-0.15, -0.1) is 35.3 Å². The zero-order valence-electron chi connectivity index (χ0n) is 15.3. The van der Waals surface area contributed by atoms with Crippen LogP contribution in [0, 0.1) is 5.92 Å². The van der Waals surface area contributed by atoms with Crippen molar-refractivity contribution in [2.75, 3.05) is 13.7 Å². The maximum absolute atomic E-state index is 5.96. The topological polar surface area (TPSA) is 58.5 Å². The number of benzene rings is 1. The smallest absolute Gasteiger partial charge is 0.191 e. The molecule has 1 aromatic carbocycles. The van der Waals surface area contributed by atoms with Gasteiger partial charge in [-0.25, -0.2) is 4.98 Å². The molecule has 3 rings (SSSR count). The summed E-state index contributed by atoms with van der Waals surface area (Å²) >= 11 is 1.71. The third-order valence-electron chi connectivity index (χ3n) is 4.15. The van der Waals surface area contributed by atoms with Crippen LogP contribution < -0.4 is 15.4 Å². The van der Waals surface area contributed by atoms with Crippen LogP contribution in [0.25, 0.3) is 0 Å². The van der Waals surface area contributed by atoms with E-state index in [0.717, 1.165) is 41.9 Å². The highest BCUT2D eigenvalue weighted by Gasteiger charge is 2.22. The van der Waals surface area contributed by atoms with Gasteiger partial charge in [0.1, 0.15) is 5.75 Å². The monoisotopic (exact) mass is 486 g/mol. The third-order valence-corrected chi connectivity index (χ3v) is 5.19. The summed E-state index contributed by atoms with van der Waals surface area (Å²) in [5.74, 6) is 2.48. The summed E-state index contributed by atoms with van der Waals surface area (Å²) in [6, 6.07) is 8.19. The number of nitrogens with zero attached hydrogens (tertiary/aromatic N) is 2. The number of ether oxygens (including phenoxy) is 1. The van der Waals surface area contributed by atoms with E-state index in [1.54, 1.807) is 18.4 Å². The summed E-state index contributed by atoms with van der Waals surface area (Å²) in [5.41, 5.74) is 2.20. The predicted octanol–water partition coefficient (Wildman–Crippen LogP) is 3.98. The molecule has 5 nitrogen and oxygen atoms in total. The molecule has 0 atom stereocenters. The standard InChI is InChI=1S/C19H26N4OS.HI/c1-3-18-23-16(13-25-18)11-22-19(20-2)21-10-15-6-4-5-7-17(15)24-12-14-8-9-14;/h4-7,13-14H,3,8-12H2,1-2H3,(H2,20,21,22);1H. The third kappa shape index (κ3) is 6.42. The Morgan fingerprint density at radius 3 is 2.73 bits per heavy atom. The second-order valence-electron chi connectivity index (χ2n) is 6.23. The largest absolute Gasteiger partial charge is 0.493 e. The molecule has 1 saturated carbocycles. The number of para-hydroxylation sites is 1. The van der Waals surface area contributed by atoms with Crippen LogP contribution in [-0.4, -0.2) is 24.6 Å². The lowest BCUT2D eigenvalue weighted by Crippen LogP contribution is -2.36. The molecule has 1 fully saturated rings. The molecule has 7 heteroatoms. The maximum Gasteiger partial charge on any atom is 0.191 e. The fraction of sp³-hybridized carbons (Fsp3) is 0.474. The quantitative estimate of drug-likeness (QED) is 0.337. The minimum Gasteiger partial charge on any atom is -0.493 e. The highest BCUT2D eigenvalue weighted by molar-refractivity contribution is 14.0. The molecular weight excluding hydrogens is 459 g/mol. The number of nitrogens with one attached hydrogen (secondary N) is 2. The van der Waals surface area contributed by atoms with Crippen LogP contribution in [0.4, 0.5) is 0 Å². The van der Waals surface area contributed by atoms with E-state index in [9.17, 15) is 0 Å². The van der Waals surface area contributed by atoms with Crippen LogP contribution >= 0.6 is 35.3 Å². The molecule has 1 aliphatic carbocycles. The van der Waals surface area contributed by atoms with E-state index in [0.29, 0.717) is 13.1 Å². The molecule has 26 heavy (non-hydrogen) atoms. The Morgan fingerprint density at radius 2 is 2.04 bits per heavy atom. The zero-order chi connectivity index (χ0) is 17.5. The number of halogens is 1. The van der Waals surface area contributed by atoms with Crippen molar-refractivity contribution in [2.24, 2.45) is 10.9 Å². The Morgan fingerprint density at radius 1 is 1.27 bits per heavy atom. The summed E-state index contributed by atoms with van der Waals surface area (Å²) in [4.78, 5) is 8.86. The van der Waals surface area contributed by atoms with Crippen LogP contribution in [-0.2, 0) is 19.5 Å². The normalized spacial score (nSPS) is 13.8. The molecule has 0 bridgehead atoms. The van der Waals surface area contributed by atoms with Gasteiger partial charge in [0.15, 0.2) is 5.96 Å². The van der Waals surface area contributed by atoms with Crippen LogP contribution in [0.15, 0.2) is 34.6 Å². The minimum absolute atomic E-state index is 0. The number of rotatable bonds is 8. The first kappa shape index (κ1) is 21.0. The number of thiazole rings is 1. The molecule has 0 unspecified atom stereocenters. The lowest BCUT2D eigenvalue weighted by Gasteiger charge is -2.14. The van der Waals surface area contributed by atoms with Crippen LogP contribution in [0.3, 0.4) is 0 Å². The van der Waals surface area contributed by atoms with Gasteiger partial charge < -0.3 is 15.4 Å². The number of aryl methyl sites for hydroxylation is 1. The highest BCUT2D eigenvalue weighted by Crippen LogP contribution is 2.30. The Bertz CT molecular complexity index is 715. The van der Waals surface area contributed by atoms with Gasteiger partial charge in [0.25, 0.3) is 0 Å². The van der Waals surface area contributed by atoms with E-state index in [1.165, 1.54) is 17.8 Å². The first-order chi connectivity index (χ1) is 12.3. The average Bonchev–Trinajstić information content (AvgIpc) is 3.37. The Kier molecular flexibility index (Phi) is 8.64. The highest BCUT2D eigenvalue weighted by atomic mass is 127. The molecule has 0 saturated heterocycles. The van der Waals surface area contributed by atoms with Gasteiger partial charge in [-0.3, -0.25) is 4.99 Å². The van der Waals surface area contributed by atoms with Gasteiger partial charge >= 0.3 is 0 Å². The predicted molar refractivity (Wildman–Crippen MR) is 119 cm³/mol. The lowest BCUT2D eigenvalue weighted by atomic mass is 10.2. The minimum atomic E-state index is 0. The second-order valence-corrected chi connectivity index (χ2v) is 7.17. The van der Waals surface area contributed by atoms with E-state index in [-0.39, 0.29) is 24.0 Å². The molecule has 1 aliphatic rings. The Balaban J connectivity index is 0.00000243. The molecule has 0 aliphatic heterocycles. The van der Waals surface area contributed by atoms with E-state index < -0.39 is 0 Å². The zero-order valence-corrected chi connectivity index (χ0v) is 18.5. The molecule has 0 radical (unpaired) electrons. The molecule has 0 spiro atoms. The molecule has 2 N–H and O–H groups in total. The van der Waals surface area contributed by atoms with Gasteiger partial charge in [-0.2, -0.15) is 0 Å². The van der Waals surface area contributed by atoms with Crippen molar-refractivity contribution >= 4 is 41.3 Å². The fourth-order valence-electron chi connectivity index (χ4n) is 2.45. The van der Waals surface area contributed by atoms with Gasteiger partial charge in [-0.05, 0) is 31.2 Å². The van der Waals surface area contributed by atoms with E-state index in [1.807, 2.05) is 18.2 Å². The number of guanidine groups is 1. The Hall–Kier alpha value is -1.35. The summed E-state index contributed by atoms with van der Waals surface area (Å²) in [5, 5.41) is 9.94. The van der Waals surface area contributed by atoms with Crippen molar-refractivity contribution < 1.29 is 4.74 Å². The first-order valence-electron chi connectivity index (χ1n) is 8.87. The van der Waals surface area contributed by atoms with Gasteiger partial charge in [-0.1, -0.05) is 25.1 Å². The van der Waals surface area contributed by atoms with Crippen molar-refractivity contribution in [1.82, 2.24) is 15.6 Å². The number of aliphatic imine (C=N–C) groups is 1. The van der Waals surface area contributed by atoms with Crippen molar-refractivity contribution in [3.05, 3.63) is 45.9 Å². The van der Waals surface area contributed by atoms with Gasteiger partial charge in [0.2, 0.25) is 0 Å². The molecule has 0 amide bonds. The van der Waals surface area contributed by atoms with Crippen LogP contribution in [0.5, 0.6) is 5.75 Å². The summed E-state index contributed by atoms with van der Waals surface area (Å²) < 4.78 is 5.96. The van der Waals surface area contributed by atoms with Crippen molar-refractivity contribution in [1.29, 1.82) is 0 Å². The number of hydrogen-bond acceptors (Lipinski definition) is 4.